The molecule has 21 heavy (non-hydrogen) atoms. The molecule has 0 radical (unpaired) electrons. The second-order valence-corrected chi connectivity index (χ2v) is 5.39. The average Bonchev–Trinajstić information content (AvgIpc) is 3.00. The minimum Gasteiger partial charge on any atom is -0.394 e. The van der Waals surface area contributed by atoms with Crippen molar-refractivity contribution in [1.29, 1.82) is 0 Å². The first kappa shape index (κ1) is 15.8. The van der Waals surface area contributed by atoms with Gasteiger partial charge in [0, 0.05) is 19.1 Å². The molecule has 1 aliphatic rings. The van der Waals surface area contributed by atoms with Crippen LogP contribution in [-0.2, 0) is 4.74 Å². The second-order valence-electron chi connectivity index (χ2n) is 5.39. The van der Waals surface area contributed by atoms with Crippen LogP contribution in [0.4, 0.5) is 4.79 Å². The summed E-state index contributed by atoms with van der Waals surface area (Å²) in [5.74, 6) is 0.285. The highest BCUT2D eigenvalue weighted by Crippen LogP contribution is 2.33. The summed E-state index contributed by atoms with van der Waals surface area (Å²) in [6.45, 7) is 3.19. The van der Waals surface area contributed by atoms with Gasteiger partial charge in [0.2, 0.25) is 0 Å². The van der Waals surface area contributed by atoms with Crippen molar-refractivity contribution in [3.8, 4) is 0 Å². The molecule has 0 aromatic heterocycles. The highest BCUT2D eigenvalue weighted by molar-refractivity contribution is 5.74. The summed E-state index contributed by atoms with van der Waals surface area (Å²) in [6.07, 6.45) is 1.70. The molecule has 3 N–H and O–H groups in total. The molecule has 2 amide bonds. The Hall–Kier alpha value is -1.59. The van der Waals surface area contributed by atoms with Crippen molar-refractivity contribution in [3.63, 3.8) is 0 Å². The third-order valence-corrected chi connectivity index (χ3v) is 3.92. The Kier molecular flexibility index (Phi) is 6.02. The number of carbonyl (C=O) groups is 1. The number of carbonyl (C=O) groups excluding carboxylic acids is 1. The van der Waals surface area contributed by atoms with Gasteiger partial charge in [0.15, 0.2) is 0 Å². The van der Waals surface area contributed by atoms with Crippen molar-refractivity contribution in [1.82, 2.24) is 10.6 Å². The lowest BCUT2D eigenvalue weighted by Gasteiger charge is -2.20. The molecule has 1 fully saturated rings. The summed E-state index contributed by atoms with van der Waals surface area (Å²) in [4.78, 5) is 11.8. The topological polar surface area (TPSA) is 70.6 Å². The fourth-order valence-electron chi connectivity index (χ4n) is 2.59. The van der Waals surface area contributed by atoms with Gasteiger partial charge in [-0.3, -0.25) is 0 Å². The zero-order chi connectivity index (χ0) is 15.1. The molecule has 3 atom stereocenters. The molecule has 0 unspecified atom stereocenters. The quantitative estimate of drug-likeness (QED) is 0.749. The first-order valence-corrected chi connectivity index (χ1v) is 7.56. The van der Waals surface area contributed by atoms with Crippen LogP contribution in [0.3, 0.4) is 0 Å². The van der Waals surface area contributed by atoms with Crippen molar-refractivity contribution in [2.45, 2.75) is 31.9 Å². The van der Waals surface area contributed by atoms with Crippen molar-refractivity contribution in [2.24, 2.45) is 5.92 Å². The average molecular weight is 292 g/mol. The van der Waals surface area contributed by atoms with Gasteiger partial charge in [0.1, 0.15) is 0 Å². The smallest absolute Gasteiger partial charge is 0.315 e. The van der Waals surface area contributed by atoms with Crippen LogP contribution in [0.5, 0.6) is 0 Å². The molecule has 1 aromatic carbocycles. The SMILES string of the molecule is CC[C@@H](CO)NC(=O)NC[C@@H]1CCO[C@H]1c1ccccc1. The van der Waals surface area contributed by atoms with Gasteiger partial charge in [-0.15, -0.1) is 0 Å². The normalized spacial score (nSPS) is 22.8. The Morgan fingerprint density at radius 1 is 1.43 bits per heavy atom. The van der Waals surface area contributed by atoms with Gasteiger partial charge in [-0.05, 0) is 18.4 Å². The maximum atomic E-state index is 11.8. The van der Waals surface area contributed by atoms with E-state index in [1.54, 1.807) is 0 Å². The number of hydrogen-bond acceptors (Lipinski definition) is 3. The van der Waals surface area contributed by atoms with E-state index >= 15 is 0 Å². The Morgan fingerprint density at radius 2 is 2.19 bits per heavy atom. The molecule has 1 aromatic rings. The molecule has 0 aliphatic carbocycles. The van der Waals surface area contributed by atoms with E-state index in [-0.39, 0.29) is 30.7 Å². The monoisotopic (exact) mass is 292 g/mol. The van der Waals surface area contributed by atoms with Crippen LogP contribution < -0.4 is 10.6 Å². The van der Waals surface area contributed by atoms with Crippen LogP contribution in [0.1, 0.15) is 31.4 Å². The van der Waals surface area contributed by atoms with Crippen molar-refractivity contribution >= 4 is 6.03 Å². The number of rotatable bonds is 6. The van der Waals surface area contributed by atoms with Crippen molar-refractivity contribution in [2.75, 3.05) is 19.8 Å². The molecular weight excluding hydrogens is 268 g/mol. The number of aliphatic hydroxyl groups is 1. The third-order valence-electron chi connectivity index (χ3n) is 3.92. The van der Waals surface area contributed by atoms with Crippen molar-refractivity contribution < 1.29 is 14.6 Å². The third kappa shape index (κ3) is 4.44. The fraction of sp³-hybridized carbons (Fsp3) is 0.562. The molecular formula is C16H24N2O3. The van der Waals surface area contributed by atoms with E-state index in [0.29, 0.717) is 13.0 Å². The van der Waals surface area contributed by atoms with Crippen LogP contribution in [-0.4, -0.2) is 36.9 Å². The Bertz CT molecular complexity index is 434. The fourth-order valence-corrected chi connectivity index (χ4v) is 2.59. The van der Waals surface area contributed by atoms with Gasteiger partial charge in [-0.2, -0.15) is 0 Å². The van der Waals surface area contributed by atoms with Gasteiger partial charge in [-0.1, -0.05) is 37.3 Å². The number of urea groups is 1. The molecule has 0 spiro atoms. The number of benzene rings is 1. The van der Waals surface area contributed by atoms with Gasteiger partial charge < -0.3 is 20.5 Å². The van der Waals surface area contributed by atoms with E-state index in [9.17, 15) is 4.79 Å². The van der Waals surface area contributed by atoms with Crippen LogP contribution in [0.2, 0.25) is 0 Å². The lowest BCUT2D eigenvalue weighted by Crippen LogP contribution is -2.45. The molecule has 5 nitrogen and oxygen atoms in total. The molecule has 116 valence electrons. The molecule has 2 rings (SSSR count). The van der Waals surface area contributed by atoms with Crippen LogP contribution in [0.25, 0.3) is 0 Å². The second kappa shape index (κ2) is 8.00. The summed E-state index contributed by atoms with van der Waals surface area (Å²) in [7, 11) is 0. The number of amides is 2. The highest BCUT2D eigenvalue weighted by Gasteiger charge is 2.29. The summed E-state index contributed by atoms with van der Waals surface area (Å²) in [5.41, 5.74) is 1.16. The standard InChI is InChI=1S/C16H24N2O3/c1-2-14(11-19)18-16(20)17-10-13-8-9-21-15(13)12-6-4-3-5-7-12/h3-7,13-15,19H,2,8-11H2,1H3,(H2,17,18,20)/t13-,14-,15-/m0/s1. The predicted molar refractivity (Wildman–Crippen MR) is 80.9 cm³/mol. The zero-order valence-corrected chi connectivity index (χ0v) is 12.4. The summed E-state index contributed by atoms with van der Waals surface area (Å²) in [6, 6.07) is 9.69. The van der Waals surface area contributed by atoms with Gasteiger partial charge in [0.25, 0.3) is 0 Å². The lowest BCUT2D eigenvalue weighted by molar-refractivity contribution is 0.0909. The van der Waals surface area contributed by atoms with Gasteiger partial charge in [0.05, 0.1) is 18.8 Å². The maximum absolute atomic E-state index is 11.8. The minimum absolute atomic E-state index is 0.0386. The van der Waals surface area contributed by atoms with Crippen molar-refractivity contribution in [3.05, 3.63) is 35.9 Å². The molecule has 1 heterocycles. The van der Waals surface area contributed by atoms with E-state index in [4.69, 9.17) is 9.84 Å². The minimum atomic E-state index is -0.227. The Balaban J connectivity index is 1.83. The first-order chi connectivity index (χ1) is 10.2. The van der Waals surface area contributed by atoms with Gasteiger partial charge in [-0.25, -0.2) is 4.79 Å². The highest BCUT2D eigenvalue weighted by atomic mass is 16.5. The number of aliphatic hydroxyl groups excluding tert-OH is 1. The van der Waals surface area contributed by atoms with E-state index in [0.717, 1.165) is 18.6 Å². The maximum Gasteiger partial charge on any atom is 0.315 e. The predicted octanol–water partition coefficient (Wildman–Crippen LogP) is 1.83. The Morgan fingerprint density at radius 3 is 2.86 bits per heavy atom. The molecule has 1 aliphatic heterocycles. The summed E-state index contributed by atoms with van der Waals surface area (Å²) >= 11 is 0. The number of ether oxygens (including phenoxy) is 1. The first-order valence-electron chi connectivity index (χ1n) is 7.56. The van der Waals surface area contributed by atoms with E-state index < -0.39 is 0 Å². The van der Waals surface area contributed by atoms with Crippen LogP contribution >= 0.6 is 0 Å². The molecule has 0 saturated carbocycles. The lowest BCUT2D eigenvalue weighted by atomic mass is 9.95. The molecule has 5 heteroatoms. The summed E-state index contributed by atoms with van der Waals surface area (Å²) in [5, 5.41) is 14.7. The van der Waals surface area contributed by atoms with Gasteiger partial charge >= 0.3 is 6.03 Å². The zero-order valence-electron chi connectivity index (χ0n) is 12.4. The largest absolute Gasteiger partial charge is 0.394 e. The Labute approximate surface area is 125 Å². The number of nitrogens with one attached hydrogen (secondary N) is 2. The van der Waals surface area contributed by atoms with Crippen LogP contribution in [0, 0.1) is 5.92 Å². The molecule has 0 bridgehead atoms. The molecule has 1 saturated heterocycles. The summed E-state index contributed by atoms with van der Waals surface area (Å²) < 4.78 is 5.80. The van der Waals surface area contributed by atoms with E-state index in [1.807, 2.05) is 25.1 Å². The number of hydrogen-bond donors (Lipinski definition) is 3. The van der Waals surface area contributed by atoms with Crippen LogP contribution in [0.15, 0.2) is 30.3 Å². The van der Waals surface area contributed by atoms with E-state index in [1.165, 1.54) is 0 Å². The van der Waals surface area contributed by atoms with E-state index in [2.05, 4.69) is 22.8 Å².